The number of benzene rings is 3. The van der Waals surface area contributed by atoms with Crippen LogP contribution in [0.25, 0.3) is 6.08 Å². The topological polar surface area (TPSA) is 39.1 Å². The predicted octanol–water partition coefficient (Wildman–Crippen LogP) is 7.02. The Balaban J connectivity index is 1.54. The zero-order valence-electron chi connectivity index (χ0n) is 21.9. The van der Waals surface area contributed by atoms with Crippen LogP contribution in [-0.2, 0) is 0 Å². The van der Waals surface area contributed by atoms with Gasteiger partial charge in [-0.1, -0.05) is 40.2 Å². The van der Waals surface area contributed by atoms with E-state index in [-0.39, 0.29) is 17.9 Å². The summed E-state index contributed by atoms with van der Waals surface area (Å²) in [6.45, 7) is 0. The molecule has 2 atom stereocenters. The minimum Gasteiger partial charge on any atom is -0.378 e. The maximum absolute atomic E-state index is 13.8. The molecule has 190 valence electrons. The molecule has 1 heterocycles. The maximum Gasteiger partial charge on any atom is 0.274 e. The van der Waals surface area contributed by atoms with E-state index in [2.05, 4.69) is 94.4 Å². The Morgan fingerprint density at radius 1 is 0.892 bits per heavy atom. The van der Waals surface area contributed by atoms with Gasteiger partial charge in [0.2, 0.25) is 0 Å². The lowest BCUT2D eigenvalue weighted by molar-refractivity contribution is 0.0681. The van der Waals surface area contributed by atoms with Crippen molar-refractivity contribution in [1.82, 2.24) is 5.01 Å². The number of fused-ring (bicyclic) bond motifs is 1. The monoisotopic (exact) mass is 556 g/mol. The highest BCUT2D eigenvalue weighted by Crippen LogP contribution is 2.45. The average molecular weight is 558 g/mol. The van der Waals surface area contributed by atoms with Crippen molar-refractivity contribution < 1.29 is 4.79 Å². The molecular weight excluding hydrogens is 524 g/mol. The average Bonchev–Trinajstić information content (AvgIpc) is 3.30. The van der Waals surface area contributed by atoms with Crippen LogP contribution in [0, 0.1) is 5.92 Å². The van der Waals surface area contributed by atoms with Crippen molar-refractivity contribution >= 4 is 45.0 Å². The lowest BCUT2D eigenvalue weighted by Crippen LogP contribution is -2.32. The standard InChI is InChI=1S/C31H33BrN4O/c1-34(2)26-16-8-21(9-17-26)20-24-6-5-7-28-29(24)33-36(31(37)23-10-14-25(32)15-11-23)30(28)22-12-18-27(19-13-22)35(3)4/h8-20,28,30H,5-7H2,1-4H3/b24-20+/t28-,30-/m0/s1. The Kier molecular flexibility index (Phi) is 7.20. The summed E-state index contributed by atoms with van der Waals surface area (Å²) in [5.74, 6) is 0.108. The SMILES string of the molecule is CN(C)c1ccc(/C=C2\CCC[C@H]3C2=NN(C(=O)c2ccc(Br)cc2)[C@H]3c2ccc(N(C)C)cc2)cc1. The van der Waals surface area contributed by atoms with Gasteiger partial charge < -0.3 is 9.80 Å². The first kappa shape index (κ1) is 25.3. The third-order valence-corrected chi connectivity index (χ3v) is 7.83. The molecule has 37 heavy (non-hydrogen) atoms. The van der Waals surface area contributed by atoms with Gasteiger partial charge in [0.1, 0.15) is 0 Å². The van der Waals surface area contributed by atoms with Crippen LogP contribution >= 0.6 is 15.9 Å². The molecular formula is C31H33BrN4O. The number of rotatable bonds is 5. The van der Waals surface area contributed by atoms with E-state index >= 15 is 0 Å². The predicted molar refractivity (Wildman–Crippen MR) is 157 cm³/mol. The summed E-state index contributed by atoms with van der Waals surface area (Å²) in [7, 11) is 8.18. The van der Waals surface area contributed by atoms with E-state index in [1.807, 2.05) is 38.4 Å². The Labute approximate surface area is 228 Å². The molecule has 0 N–H and O–H groups in total. The normalized spacial score (nSPS) is 20.0. The summed E-state index contributed by atoms with van der Waals surface area (Å²) in [5, 5.41) is 6.79. The lowest BCUT2D eigenvalue weighted by Gasteiger charge is -2.30. The third kappa shape index (κ3) is 5.21. The summed E-state index contributed by atoms with van der Waals surface area (Å²) in [4.78, 5) is 18.0. The highest BCUT2D eigenvalue weighted by molar-refractivity contribution is 9.10. The lowest BCUT2D eigenvalue weighted by atomic mass is 9.77. The second-order valence-electron chi connectivity index (χ2n) is 10.2. The Morgan fingerprint density at radius 2 is 1.49 bits per heavy atom. The van der Waals surface area contributed by atoms with E-state index in [1.165, 1.54) is 11.3 Å². The number of carbonyl (C=O) groups excluding carboxylic acids is 1. The Bertz CT molecular complexity index is 1330. The molecule has 1 aliphatic carbocycles. The number of anilines is 2. The van der Waals surface area contributed by atoms with E-state index in [0.29, 0.717) is 5.56 Å². The number of allylic oxidation sites excluding steroid dienone is 1. The number of nitrogens with zero attached hydrogens (tertiary/aromatic N) is 4. The molecule has 3 aromatic rings. The third-order valence-electron chi connectivity index (χ3n) is 7.30. The van der Waals surface area contributed by atoms with E-state index in [4.69, 9.17) is 5.10 Å². The fraction of sp³-hybridized carbons (Fsp3) is 0.290. The van der Waals surface area contributed by atoms with Crippen molar-refractivity contribution in [2.45, 2.75) is 25.3 Å². The van der Waals surface area contributed by atoms with Gasteiger partial charge in [-0.3, -0.25) is 4.79 Å². The van der Waals surface area contributed by atoms with Gasteiger partial charge in [0.25, 0.3) is 5.91 Å². The highest BCUT2D eigenvalue weighted by atomic mass is 79.9. The molecule has 5 rings (SSSR count). The first-order valence-corrected chi connectivity index (χ1v) is 13.5. The van der Waals surface area contributed by atoms with Gasteiger partial charge in [-0.25, -0.2) is 5.01 Å². The highest BCUT2D eigenvalue weighted by Gasteiger charge is 2.43. The van der Waals surface area contributed by atoms with Crippen LogP contribution in [0.2, 0.25) is 0 Å². The van der Waals surface area contributed by atoms with E-state index in [1.54, 1.807) is 5.01 Å². The molecule has 5 nitrogen and oxygen atoms in total. The number of hydrazone groups is 1. The summed E-state index contributed by atoms with van der Waals surface area (Å²) in [6, 6.07) is 24.6. The van der Waals surface area contributed by atoms with Crippen molar-refractivity contribution in [1.29, 1.82) is 0 Å². The minimum absolute atomic E-state index is 0.0641. The van der Waals surface area contributed by atoms with Gasteiger partial charge in [0.15, 0.2) is 0 Å². The van der Waals surface area contributed by atoms with Gasteiger partial charge >= 0.3 is 0 Å². The Hall–Kier alpha value is -3.38. The Morgan fingerprint density at radius 3 is 2.08 bits per heavy atom. The zero-order chi connectivity index (χ0) is 26.1. The molecule has 0 unspecified atom stereocenters. The number of carbonyl (C=O) groups is 1. The molecule has 1 amide bonds. The van der Waals surface area contributed by atoms with Crippen LogP contribution in [0.4, 0.5) is 11.4 Å². The molecule has 1 aliphatic heterocycles. The smallest absolute Gasteiger partial charge is 0.274 e. The summed E-state index contributed by atoms with van der Waals surface area (Å²) < 4.78 is 0.951. The van der Waals surface area contributed by atoms with E-state index in [0.717, 1.165) is 46.3 Å². The van der Waals surface area contributed by atoms with Crippen LogP contribution in [0.3, 0.4) is 0 Å². The summed E-state index contributed by atoms with van der Waals surface area (Å²) >= 11 is 3.48. The molecule has 0 saturated heterocycles. The number of halogens is 1. The number of amides is 1. The van der Waals surface area contributed by atoms with Crippen LogP contribution in [0.5, 0.6) is 0 Å². The largest absolute Gasteiger partial charge is 0.378 e. The molecule has 1 saturated carbocycles. The maximum atomic E-state index is 13.8. The van der Waals surface area contributed by atoms with Gasteiger partial charge in [-0.05, 0) is 90.6 Å². The van der Waals surface area contributed by atoms with Crippen molar-refractivity contribution in [3.63, 3.8) is 0 Å². The summed E-state index contributed by atoms with van der Waals surface area (Å²) in [6.07, 6.45) is 5.32. The molecule has 0 spiro atoms. The van der Waals surface area contributed by atoms with Crippen LogP contribution < -0.4 is 9.80 Å². The van der Waals surface area contributed by atoms with Gasteiger partial charge in [0.05, 0.1) is 11.8 Å². The fourth-order valence-electron chi connectivity index (χ4n) is 5.27. The quantitative estimate of drug-likeness (QED) is 0.339. The first-order valence-electron chi connectivity index (χ1n) is 12.7. The van der Waals surface area contributed by atoms with Crippen molar-refractivity contribution in [2.75, 3.05) is 38.0 Å². The second-order valence-corrected chi connectivity index (χ2v) is 11.1. The van der Waals surface area contributed by atoms with Crippen molar-refractivity contribution in [3.8, 4) is 0 Å². The summed E-state index contributed by atoms with van der Waals surface area (Å²) in [5.41, 5.74) is 7.52. The molecule has 0 aromatic heterocycles. The second kappa shape index (κ2) is 10.5. The zero-order valence-corrected chi connectivity index (χ0v) is 23.4. The van der Waals surface area contributed by atoms with E-state index < -0.39 is 0 Å². The van der Waals surface area contributed by atoms with Gasteiger partial charge in [-0.15, -0.1) is 0 Å². The van der Waals surface area contributed by atoms with Crippen molar-refractivity contribution in [2.24, 2.45) is 11.0 Å². The molecule has 1 fully saturated rings. The minimum atomic E-state index is -0.123. The molecule has 3 aromatic carbocycles. The molecule has 0 bridgehead atoms. The fourth-order valence-corrected chi connectivity index (χ4v) is 5.53. The first-order chi connectivity index (χ1) is 17.8. The van der Waals surface area contributed by atoms with Crippen molar-refractivity contribution in [3.05, 3.63) is 99.5 Å². The van der Waals surface area contributed by atoms with Gasteiger partial charge in [-0.2, -0.15) is 5.10 Å². The van der Waals surface area contributed by atoms with Gasteiger partial charge in [0, 0.05) is 55.5 Å². The number of hydrogen-bond donors (Lipinski definition) is 0. The number of hydrogen-bond acceptors (Lipinski definition) is 4. The molecule has 2 aliphatic rings. The molecule has 6 heteroatoms. The van der Waals surface area contributed by atoms with E-state index in [9.17, 15) is 4.79 Å². The van der Waals surface area contributed by atoms with Crippen LogP contribution in [-0.4, -0.2) is 44.8 Å². The van der Waals surface area contributed by atoms with Crippen LogP contribution in [0.15, 0.2) is 87.9 Å². The molecule has 0 radical (unpaired) electrons. The van der Waals surface area contributed by atoms with Crippen LogP contribution in [0.1, 0.15) is 46.8 Å².